The maximum absolute atomic E-state index is 13.7. The van der Waals surface area contributed by atoms with Gasteiger partial charge in [0.1, 0.15) is 6.33 Å². The standard InChI is InChI=1S/C12H15FN4OS/c1-7(2)18-10-5-11(9(14)4-8(10)13)19-12-16-15-6-17(12)3/h4-7H,14H2,1-3H3. The van der Waals surface area contributed by atoms with Crippen LogP contribution in [0.3, 0.4) is 0 Å². The van der Waals surface area contributed by atoms with Crippen LogP contribution in [-0.2, 0) is 7.05 Å². The summed E-state index contributed by atoms with van der Waals surface area (Å²) in [6.45, 7) is 3.68. The fourth-order valence-electron chi connectivity index (χ4n) is 1.45. The van der Waals surface area contributed by atoms with E-state index in [1.807, 2.05) is 20.9 Å². The number of hydrogen-bond acceptors (Lipinski definition) is 5. The Morgan fingerprint density at radius 3 is 2.74 bits per heavy atom. The highest BCUT2D eigenvalue weighted by molar-refractivity contribution is 7.99. The van der Waals surface area contributed by atoms with Crippen LogP contribution < -0.4 is 10.5 Å². The number of aromatic nitrogens is 3. The molecule has 0 aliphatic heterocycles. The zero-order chi connectivity index (χ0) is 14.0. The summed E-state index contributed by atoms with van der Waals surface area (Å²) in [4.78, 5) is 0.688. The number of hydrogen-bond donors (Lipinski definition) is 1. The number of nitrogen functional groups attached to an aromatic ring is 1. The van der Waals surface area contributed by atoms with Crippen LogP contribution in [0.1, 0.15) is 13.8 Å². The van der Waals surface area contributed by atoms with Crippen molar-refractivity contribution in [3.05, 3.63) is 24.3 Å². The van der Waals surface area contributed by atoms with Gasteiger partial charge in [0.05, 0.1) is 6.10 Å². The van der Waals surface area contributed by atoms with Gasteiger partial charge in [0, 0.05) is 23.7 Å². The summed E-state index contributed by atoms with van der Waals surface area (Å²) in [5.41, 5.74) is 6.16. The van der Waals surface area contributed by atoms with E-state index >= 15 is 0 Å². The van der Waals surface area contributed by atoms with E-state index in [-0.39, 0.29) is 11.9 Å². The zero-order valence-corrected chi connectivity index (χ0v) is 11.7. The fourth-order valence-corrected chi connectivity index (χ4v) is 2.26. The largest absolute Gasteiger partial charge is 0.488 e. The Labute approximate surface area is 115 Å². The van der Waals surface area contributed by atoms with E-state index in [4.69, 9.17) is 10.5 Å². The van der Waals surface area contributed by atoms with Crippen molar-refractivity contribution in [2.24, 2.45) is 7.05 Å². The first-order chi connectivity index (χ1) is 8.97. The maximum Gasteiger partial charge on any atom is 0.195 e. The average molecular weight is 282 g/mol. The molecule has 7 heteroatoms. The molecule has 0 spiro atoms. The van der Waals surface area contributed by atoms with E-state index in [2.05, 4.69) is 10.2 Å². The van der Waals surface area contributed by atoms with Gasteiger partial charge in [-0.15, -0.1) is 10.2 Å². The number of ether oxygens (including phenoxy) is 1. The van der Waals surface area contributed by atoms with Crippen molar-refractivity contribution in [3.8, 4) is 5.75 Å². The first kappa shape index (κ1) is 13.7. The van der Waals surface area contributed by atoms with E-state index in [1.165, 1.54) is 17.8 Å². The topological polar surface area (TPSA) is 66.0 Å². The highest BCUT2D eigenvalue weighted by atomic mass is 32.2. The van der Waals surface area contributed by atoms with Gasteiger partial charge < -0.3 is 15.0 Å². The van der Waals surface area contributed by atoms with Crippen molar-refractivity contribution in [2.75, 3.05) is 5.73 Å². The van der Waals surface area contributed by atoms with E-state index in [9.17, 15) is 4.39 Å². The van der Waals surface area contributed by atoms with E-state index in [0.717, 1.165) is 0 Å². The molecule has 0 radical (unpaired) electrons. The second-order valence-corrected chi connectivity index (χ2v) is 5.32. The molecule has 2 rings (SSSR count). The van der Waals surface area contributed by atoms with Gasteiger partial charge in [0.25, 0.3) is 0 Å². The zero-order valence-electron chi connectivity index (χ0n) is 10.9. The Morgan fingerprint density at radius 2 is 2.16 bits per heavy atom. The molecule has 0 saturated heterocycles. The minimum Gasteiger partial charge on any atom is -0.488 e. The van der Waals surface area contributed by atoms with Gasteiger partial charge in [0.2, 0.25) is 0 Å². The Hall–Kier alpha value is -1.76. The molecule has 19 heavy (non-hydrogen) atoms. The number of halogens is 1. The van der Waals surface area contributed by atoms with Gasteiger partial charge in [-0.2, -0.15) is 0 Å². The molecule has 1 aromatic heterocycles. The summed E-state index contributed by atoms with van der Waals surface area (Å²) in [6.07, 6.45) is 1.49. The summed E-state index contributed by atoms with van der Waals surface area (Å²) >= 11 is 1.32. The molecule has 2 N–H and O–H groups in total. The van der Waals surface area contributed by atoms with Crippen LogP contribution in [0.2, 0.25) is 0 Å². The Bertz CT molecular complexity index is 585. The molecule has 0 fully saturated rings. The van der Waals surface area contributed by atoms with Crippen LogP contribution in [0, 0.1) is 5.82 Å². The minimum absolute atomic E-state index is 0.106. The van der Waals surface area contributed by atoms with Crippen LogP contribution in [0.5, 0.6) is 5.75 Å². The fraction of sp³-hybridized carbons (Fsp3) is 0.333. The summed E-state index contributed by atoms with van der Waals surface area (Å²) in [5, 5.41) is 8.41. The average Bonchev–Trinajstić information content (AvgIpc) is 2.70. The molecule has 0 aliphatic carbocycles. The molecule has 0 bridgehead atoms. The molecule has 0 saturated carbocycles. The van der Waals surface area contributed by atoms with Crippen molar-refractivity contribution in [1.29, 1.82) is 0 Å². The normalized spacial score (nSPS) is 11.0. The van der Waals surface area contributed by atoms with Gasteiger partial charge >= 0.3 is 0 Å². The first-order valence-electron chi connectivity index (χ1n) is 5.75. The van der Waals surface area contributed by atoms with Gasteiger partial charge in [-0.05, 0) is 31.7 Å². The van der Waals surface area contributed by atoms with Gasteiger partial charge in [-0.3, -0.25) is 0 Å². The van der Waals surface area contributed by atoms with Crippen LogP contribution in [0.25, 0.3) is 0 Å². The number of nitrogens with two attached hydrogens (primary N) is 1. The van der Waals surface area contributed by atoms with Gasteiger partial charge in [-0.1, -0.05) is 0 Å². The third-order valence-electron chi connectivity index (χ3n) is 2.30. The summed E-state index contributed by atoms with van der Waals surface area (Å²) in [5.74, 6) is -0.276. The molecule has 2 aromatic rings. The van der Waals surface area contributed by atoms with Crippen molar-refractivity contribution in [2.45, 2.75) is 30.0 Å². The molecule has 0 unspecified atom stereocenters. The molecular weight excluding hydrogens is 267 g/mol. The van der Waals surface area contributed by atoms with Crippen LogP contribution >= 0.6 is 11.8 Å². The quantitative estimate of drug-likeness (QED) is 0.873. The van der Waals surface area contributed by atoms with Crippen molar-refractivity contribution >= 4 is 17.4 Å². The number of rotatable bonds is 4. The second kappa shape index (κ2) is 5.48. The molecule has 0 aliphatic rings. The number of benzene rings is 1. The van der Waals surface area contributed by atoms with Gasteiger partial charge in [-0.25, -0.2) is 4.39 Å². The molecule has 102 valence electrons. The van der Waals surface area contributed by atoms with E-state index < -0.39 is 5.82 Å². The minimum atomic E-state index is -0.464. The molecule has 0 atom stereocenters. The highest BCUT2D eigenvalue weighted by Crippen LogP contribution is 2.35. The van der Waals surface area contributed by atoms with Crippen LogP contribution in [-0.4, -0.2) is 20.9 Å². The second-order valence-electron chi connectivity index (χ2n) is 4.31. The van der Waals surface area contributed by atoms with Crippen molar-refractivity contribution < 1.29 is 9.13 Å². The Morgan fingerprint density at radius 1 is 1.42 bits per heavy atom. The third-order valence-corrected chi connectivity index (χ3v) is 3.42. The highest BCUT2D eigenvalue weighted by Gasteiger charge is 2.13. The number of aryl methyl sites for hydroxylation is 1. The lowest BCUT2D eigenvalue weighted by Gasteiger charge is -2.13. The Balaban J connectivity index is 2.32. The molecule has 5 nitrogen and oxygen atoms in total. The lowest BCUT2D eigenvalue weighted by atomic mass is 10.3. The van der Waals surface area contributed by atoms with E-state index in [1.54, 1.807) is 17.0 Å². The molecule has 1 heterocycles. The number of anilines is 1. The predicted molar refractivity (Wildman–Crippen MR) is 71.7 cm³/mol. The van der Waals surface area contributed by atoms with Crippen molar-refractivity contribution in [3.63, 3.8) is 0 Å². The van der Waals surface area contributed by atoms with Gasteiger partial charge in [0.15, 0.2) is 16.7 Å². The summed E-state index contributed by atoms with van der Waals surface area (Å²) < 4.78 is 20.9. The molecule has 1 aromatic carbocycles. The Kier molecular flexibility index (Phi) is 3.94. The molecule has 0 amide bonds. The van der Waals surface area contributed by atoms with E-state index in [0.29, 0.717) is 15.7 Å². The smallest absolute Gasteiger partial charge is 0.195 e. The maximum atomic E-state index is 13.7. The third kappa shape index (κ3) is 3.17. The lowest BCUT2D eigenvalue weighted by Crippen LogP contribution is -2.07. The van der Waals surface area contributed by atoms with Crippen molar-refractivity contribution in [1.82, 2.24) is 14.8 Å². The lowest BCUT2D eigenvalue weighted by molar-refractivity contribution is 0.230. The monoisotopic (exact) mass is 282 g/mol. The predicted octanol–water partition coefficient (Wildman–Crippen LogP) is 2.47. The van der Waals surface area contributed by atoms with Crippen LogP contribution in [0.4, 0.5) is 10.1 Å². The summed E-state index contributed by atoms with van der Waals surface area (Å²) in [6, 6.07) is 2.85. The SMILES string of the molecule is CC(C)Oc1cc(Sc2nncn2C)c(N)cc1F. The first-order valence-corrected chi connectivity index (χ1v) is 6.56. The summed E-state index contributed by atoms with van der Waals surface area (Å²) in [7, 11) is 1.83. The molecular formula is C12H15FN4OS. The number of nitrogens with zero attached hydrogens (tertiary/aromatic N) is 3. The van der Waals surface area contributed by atoms with Crippen LogP contribution in [0.15, 0.2) is 28.5 Å².